The van der Waals surface area contributed by atoms with Crippen LogP contribution in [0.3, 0.4) is 0 Å². The van der Waals surface area contributed by atoms with Crippen molar-refractivity contribution in [2.24, 2.45) is 0 Å². The van der Waals surface area contributed by atoms with E-state index in [4.69, 9.17) is 0 Å². The molecule has 0 spiro atoms. The molecule has 0 radical (unpaired) electrons. The second-order valence-corrected chi connectivity index (χ2v) is 6.77. The Morgan fingerprint density at radius 1 is 1.04 bits per heavy atom. The molecule has 5 heteroatoms. The maximum Gasteiger partial charge on any atom is 0.127 e. The van der Waals surface area contributed by atoms with Gasteiger partial charge < -0.3 is 4.90 Å². The van der Waals surface area contributed by atoms with Crippen LogP contribution < -0.4 is 0 Å². The maximum absolute atomic E-state index is 14.4. The van der Waals surface area contributed by atoms with Crippen LogP contribution in [0.5, 0.6) is 0 Å². The van der Waals surface area contributed by atoms with E-state index in [0.29, 0.717) is 5.56 Å². The molecule has 1 atom stereocenters. The summed E-state index contributed by atoms with van der Waals surface area (Å²) in [5.74, 6) is -0.928. The lowest BCUT2D eigenvalue weighted by Gasteiger charge is -2.19. The number of benzene rings is 2. The minimum atomic E-state index is -0.406. The van der Waals surface area contributed by atoms with Gasteiger partial charge in [-0.1, -0.05) is 12.1 Å². The van der Waals surface area contributed by atoms with Crippen LogP contribution in [0.25, 0.3) is 11.3 Å². The molecule has 3 aromatic rings. The lowest BCUT2D eigenvalue weighted by atomic mass is 9.85. The van der Waals surface area contributed by atoms with Gasteiger partial charge in [-0.2, -0.15) is 10.2 Å². The topological polar surface area (TPSA) is 29.0 Å². The highest BCUT2D eigenvalue weighted by atomic mass is 19.1. The van der Waals surface area contributed by atoms with Crippen molar-refractivity contribution in [1.29, 1.82) is 0 Å². The van der Waals surface area contributed by atoms with Crippen molar-refractivity contribution < 1.29 is 8.78 Å². The molecule has 1 aliphatic rings. The van der Waals surface area contributed by atoms with E-state index in [1.54, 1.807) is 6.20 Å². The number of hydrogen-bond acceptors (Lipinski definition) is 3. The summed E-state index contributed by atoms with van der Waals surface area (Å²) in [5, 5.41) is 8.11. The van der Waals surface area contributed by atoms with Crippen molar-refractivity contribution in [3.8, 4) is 11.3 Å². The molecule has 1 unspecified atom stereocenters. The van der Waals surface area contributed by atoms with E-state index < -0.39 is 5.82 Å². The van der Waals surface area contributed by atoms with Crippen LogP contribution in [0.1, 0.15) is 29.0 Å². The van der Waals surface area contributed by atoms with Gasteiger partial charge in [0.05, 0.1) is 5.69 Å². The third-order valence-corrected chi connectivity index (χ3v) is 4.96. The Morgan fingerprint density at radius 3 is 2.73 bits per heavy atom. The Bertz CT molecular complexity index is 928. The Morgan fingerprint density at radius 2 is 1.92 bits per heavy atom. The SMILES string of the molecule is CN1CCC(c2cc(F)ccc2F)c2ccc(-c3cccnn3)cc2C1. The first kappa shape index (κ1) is 16.8. The van der Waals surface area contributed by atoms with Crippen LogP contribution in [-0.2, 0) is 6.54 Å². The molecule has 132 valence electrons. The van der Waals surface area contributed by atoms with E-state index in [9.17, 15) is 8.78 Å². The molecular formula is C21H19F2N3. The average Bonchev–Trinajstić information content (AvgIpc) is 2.82. The van der Waals surface area contributed by atoms with Crippen molar-refractivity contribution in [1.82, 2.24) is 15.1 Å². The standard InChI is InChI=1S/C21H19F2N3/c1-26-10-8-18(19-12-16(22)5-7-20(19)23)17-6-4-14(11-15(17)13-26)21-3-2-9-24-25-21/h2-7,9,11-12,18H,8,10,13H2,1H3. The summed E-state index contributed by atoms with van der Waals surface area (Å²) >= 11 is 0. The highest BCUT2D eigenvalue weighted by Gasteiger charge is 2.25. The normalized spacial score (nSPS) is 17.6. The molecule has 1 aromatic heterocycles. The second-order valence-electron chi connectivity index (χ2n) is 6.77. The van der Waals surface area contributed by atoms with E-state index in [0.717, 1.165) is 41.9 Å². The molecule has 0 N–H and O–H groups in total. The first-order valence-electron chi connectivity index (χ1n) is 8.66. The minimum absolute atomic E-state index is 0.165. The smallest absolute Gasteiger partial charge is 0.127 e. The first-order chi connectivity index (χ1) is 12.6. The number of rotatable bonds is 2. The van der Waals surface area contributed by atoms with Crippen LogP contribution >= 0.6 is 0 Å². The minimum Gasteiger partial charge on any atom is -0.302 e. The van der Waals surface area contributed by atoms with Gasteiger partial charge in [-0.3, -0.25) is 0 Å². The van der Waals surface area contributed by atoms with E-state index in [1.807, 2.05) is 31.3 Å². The van der Waals surface area contributed by atoms with Crippen LogP contribution in [0.4, 0.5) is 8.78 Å². The molecule has 0 bridgehead atoms. The molecule has 2 aromatic carbocycles. The van der Waals surface area contributed by atoms with E-state index in [-0.39, 0.29) is 11.7 Å². The summed E-state index contributed by atoms with van der Waals surface area (Å²) in [6.07, 6.45) is 2.39. The van der Waals surface area contributed by atoms with Gasteiger partial charge in [-0.05, 0) is 73.1 Å². The predicted molar refractivity (Wildman–Crippen MR) is 96.6 cm³/mol. The number of nitrogens with zero attached hydrogens (tertiary/aromatic N) is 3. The summed E-state index contributed by atoms with van der Waals surface area (Å²) < 4.78 is 28.2. The zero-order chi connectivity index (χ0) is 18.1. The van der Waals surface area contributed by atoms with Gasteiger partial charge in [0.15, 0.2) is 0 Å². The van der Waals surface area contributed by atoms with Crippen molar-refractivity contribution >= 4 is 0 Å². The van der Waals surface area contributed by atoms with E-state index in [1.165, 1.54) is 18.2 Å². The van der Waals surface area contributed by atoms with Crippen molar-refractivity contribution in [3.05, 3.63) is 83.1 Å². The van der Waals surface area contributed by atoms with E-state index in [2.05, 4.69) is 21.2 Å². The first-order valence-corrected chi connectivity index (χ1v) is 8.66. The molecule has 26 heavy (non-hydrogen) atoms. The van der Waals surface area contributed by atoms with Crippen LogP contribution in [0.2, 0.25) is 0 Å². The van der Waals surface area contributed by atoms with Crippen LogP contribution in [-0.4, -0.2) is 28.7 Å². The number of hydrogen-bond donors (Lipinski definition) is 0. The third kappa shape index (κ3) is 3.22. The fraction of sp³-hybridized carbons (Fsp3) is 0.238. The van der Waals surface area contributed by atoms with E-state index >= 15 is 0 Å². The Hall–Kier alpha value is -2.66. The lowest BCUT2D eigenvalue weighted by Crippen LogP contribution is -2.17. The maximum atomic E-state index is 14.4. The molecule has 0 saturated carbocycles. The Kier molecular flexibility index (Phi) is 4.47. The summed E-state index contributed by atoms with van der Waals surface area (Å²) in [7, 11) is 2.04. The fourth-order valence-electron chi connectivity index (χ4n) is 3.68. The number of halogens is 2. The van der Waals surface area contributed by atoms with Crippen LogP contribution in [0.15, 0.2) is 54.7 Å². The van der Waals surface area contributed by atoms with Gasteiger partial charge in [-0.15, -0.1) is 0 Å². The summed E-state index contributed by atoms with van der Waals surface area (Å²) in [5.41, 5.74) is 4.36. The molecule has 3 nitrogen and oxygen atoms in total. The second kappa shape index (κ2) is 6.92. The fourth-order valence-corrected chi connectivity index (χ4v) is 3.68. The van der Waals surface area contributed by atoms with Crippen LogP contribution in [0, 0.1) is 11.6 Å². The van der Waals surface area contributed by atoms with Gasteiger partial charge >= 0.3 is 0 Å². The highest BCUT2D eigenvalue weighted by Crippen LogP contribution is 2.36. The van der Waals surface area contributed by atoms with Gasteiger partial charge in [0.1, 0.15) is 11.6 Å². The highest BCUT2D eigenvalue weighted by molar-refractivity contribution is 5.61. The molecule has 0 saturated heterocycles. The zero-order valence-electron chi connectivity index (χ0n) is 14.5. The van der Waals surface area contributed by atoms with Crippen molar-refractivity contribution in [3.63, 3.8) is 0 Å². The number of fused-ring (bicyclic) bond motifs is 1. The van der Waals surface area contributed by atoms with Gasteiger partial charge in [0.2, 0.25) is 0 Å². The third-order valence-electron chi connectivity index (χ3n) is 4.96. The van der Waals surface area contributed by atoms with Crippen molar-refractivity contribution in [2.75, 3.05) is 13.6 Å². The predicted octanol–water partition coefficient (Wildman–Crippen LogP) is 4.39. The quantitative estimate of drug-likeness (QED) is 0.686. The average molecular weight is 351 g/mol. The summed E-state index contributed by atoms with van der Waals surface area (Å²) in [6, 6.07) is 13.6. The largest absolute Gasteiger partial charge is 0.302 e. The van der Waals surface area contributed by atoms with Crippen molar-refractivity contribution in [2.45, 2.75) is 18.9 Å². The van der Waals surface area contributed by atoms with Gasteiger partial charge in [-0.25, -0.2) is 8.78 Å². The molecule has 0 fully saturated rings. The summed E-state index contributed by atoms with van der Waals surface area (Å²) in [4.78, 5) is 2.20. The lowest BCUT2D eigenvalue weighted by molar-refractivity contribution is 0.327. The molecule has 4 rings (SSSR count). The molecule has 0 amide bonds. The molecular weight excluding hydrogens is 332 g/mol. The Balaban J connectivity index is 1.82. The zero-order valence-corrected chi connectivity index (χ0v) is 14.5. The number of aromatic nitrogens is 2. The van der Waals surface area contributed by atoms with Gasteiger partial charge in [0.25, 0.3) is 0 Å². The Labute approximate surface area is 151 Å². The molecule has 0 aliphatic carbocycles. The molecule has 2 heterocycles. The monoisotopic (exact) mass is 351 g/mol. The molecule has 1 aliphatic heterocycles. The summed E-state index contributed by atoms with van der Waals surface area (Å²) in [6.45, 7) is 1.58. The van der Waals surface area contributed by atoms with Gasteiger partial charge in [0, 0.05) is 24.2 Å².